The number of hydrogen-bond donors (Lipinski definition) is 3. The third-order valence-corrected chi connectivity index (χ3v) is 2.58. The Kier molecular flexibility index (Phi) is 5.15. The number of carboxylic acids is 1. The smallest absolute Gasteiger partial charge is 0.328 e. The molecule has 0 spiro atoms. The van der Waals surface area contributed by atoms with Gasteiger partial charge in [0.1, 0.15) is 0 Å². The Morgan fingerprint density at radius 1 is 1.35 bits per heavy atom. The van der Waals surface area contributed by atoms with Crippen LogP contribution in [0.2, 0.25) is 0 Å². The third kappa shape index (κ3) is 4.32. The van der Waals surface area contributed by atoms with Crippen LogP contribution in [-0.2, 0) is 16.0 Å². The van der Waals surface area contributed by atoms with Gasteiger partial charge in [0.2, 0.25) is 5.91 Å². The van der Waals surface area contributed by atoms with Gasteiger partial charge in [-0.2, -0.15) is 0 Å². The molecule has 1 aromatic rings. The second-order valence-corrected chi connectivity index (χ2v) is 4.22. The summed E-state index contributed by atoms with van der Waals surface area (Å²) in [6.45, 7) is 1.25. The van der Waals surface area contributed by atoms with Crippen LogP contribution in [0.5, 0.6) is 0 Å². The predicted molar refractivity (Wildman–Crippen MR) is 68.0 cm³/mol. The summed E-state index contributed by atoms with van der Waals surface area (Å²) in [5, 5.41) is 30.7. The molecule has 0 saturated carbocycles. The largest absolute Gasteiger partial charge is 0.480 e. The molecule has 0 aliphatic carbocycles. The minimum absolute atomic E-state index is 0.0958. The van der Waals surface area contributed by atoms with Crippen LogP contribution < -0.4 is 5.32 Å². The molecule has 1 aromatic carbocycles. The lowest BCUT2D eigenvalue weighted by atomic mass is 10.1. The number of aliphatic hydroxyl groups excluding tert-OH is 1. The molecule has 0 aliphatic heterocycles. The average molecular weight is 282 g/mol. The maximum atomic E-state index is 11.6. The maximum absolute atomic E-state index is 11.6. The van der Waals surface area contributed by atoms with Gasteiger partial charge in [-0.1, -0.05) is 12.1 Å². The molecule has 1 rings (SSSR count). The zero-order chi connectivity index (χ0) is 15.3. The molecule has 8 nitrogen and oxygen atoms in total. The summed E-state index contributed by atoms with van der Waals surface area (Å²) in [7, 11) is 0. The fourth-order valence-corrected chi connectivity index (χ4v) is 1.53. The third-order valence-electron chi connectivity index (χ3n) is 2.58. The Bertz CT molecular complexity index is 511. The van der Waals surface area contributed by atoms with E-state index >= 15 is 0 Å². The maximum Gasteiger partial charge on any atom is 0.328 e. The molecule has 8 heteroatoms. The zero-order valence-corrected chi connectivity index (χ0v) is 10.6. The van der Waals surface area contributed by atoms with Crippen molar-refractivity contribution in [1.29, 1.82) is 0 Å². The fraction of sp³-hybridized carbons (Fsp3) is 0.333. The zero-order valence-electron chi connectivity index (χ0n) is 10.6. The molecule has 0 fully saturated rings. The van der Waals surface area contributed by atoms with E-state index in [2.05, 4.69) is 5.32 Å². The summed E-state index contributed by atoms with van der Waals surface area (Å²) < 4.78 is 0. The molecule has 20 heavy (non-hydrogen) atoms. The van der Waals surface area contributed by atoms with Gasteiger partial charge >= 0.3 is 5.97 Å². The number of carbonyl (C=O) groups is 2. The minimum Gasteiger partial charge on any atom is -0.480 e. The Morgan fingerprint density at radius 2 is 1.90 bits per heavy atom. The predicted octanol–water partition coefficient (Wildman–Crippen LogP) is 0.0875. The summed E-state index contributed by atoms with van der Waals surface area (Å²) in [4.78, 5) is 32.3. The second-order valence-electron chi connectivity index (χ2n) is 4.22. The van der Waals surface area contributed by atoms with Crippen molar-refractivity contribution >= 4 is 17.6 Å². The molecule has 2 atom stereocenters. The number of nitrogens with one attached hydrogen (secondary N) is 1. The number of amides is 1. The van der Waals surface area contributed by atoms with E-state index in [9.17, 15) is 24.8 Å². The number of aliphatic hydroxyl groups is 1. The van der Waals surface area contributed by atoms with Crippen molar-refractivity contribution in [2.45, 2.75) is 25.5 Å². The number of rotatable bonds is 6. The van der Waals surface area contributed by atoms with E-state index in [-0.39, 0.29) is 12.1 Å². The molecule has 0 heterocycles. The van der Waals surface area contributed by atoms with E-state index in [1.54, 1.807) is 0 Å². The Morgan fingerprint density at radius 3 is 2.30 bits per heavy atom. The molecule has 1 amide bonds. The van der Waals surface area contributed by atoms with Gasteiger partial charge in [-0.3, -0.25) is 14.9 Å². The molecule has 108 valence electrons. The number of carboxylic acid groups (broad SMARTS) is 1. The Hall–Kier alpha value is -2.48. The lowest BCUT2D eigenvalue weighted by Crippen LogP contribution is -2.48. The van der Waals surface area contributed by atoms with Gasteiger partial charge in [0.25, 0.3) is 5.69 Å². The van der Waals surface area contributed by atoms with E-state index in [1.807, 2.05) is 0 Å². The lowest BCUT2D eigenvalue weighted by Gasteiger charge is -2.16. The molecular formula is C12H14N2O6. The molecule has 0 aliphatic rings. The number of nitro groups is 1. The second kappa shape index (κ2) is 6.62. The van der Waals surface area contributed by atoms with Gasteiger partial charge < -0.3 is 15.5 Å². The van der Waals surface area contributed by atoms with E-state index in [0.29, 0.717) is 5.56 Å². The van der Waals surface area contributed by atoms with Crippen LogP contribution in [0.25, 0.3) is 0 Å². The highest BCUT2D eigenvalue weighted by Crippen LogP contribution is 2.12. The van der Waals surface area contributed by atoms with Gasteiger partial charge in [-0.15, -0.1) is 0 Å². The van der Waals surface area contributed by atoms with Crippen molar-refractivity contribution < 1.29 is 24.7 Å². The number of non-ortho nitro benzene ring substituents is 1. The van der Waals surface area contributed by atoms with Crippen molar-refractivity contribution in [2.75, 3.05) is 0 Å². The SMILES string of the molecule is CC(O)C(NC(=O)Cc1ccc([N+](=O)[O-])cc1)C(=O)O. The molecular weight excluding hydrogens is 268 g/mol. The van der Waals surface area contributed by atoms with Gasteiger partial charge in [0.15, 0.2) is 6.04 Å². The van der Waals surface area contributed by atoms with Crippen molar-refractivity contribution in [3.8, 4) is 0 Å². The summed E-state index contributed by atoms with van der Waals surface area (Å²) in [6.07, 6.45) is -1.36. The van der Waals surface area contributed by atoms with Crippen molar-refractivity contribution in [2.24, 2.45) is 0 Å². The van der Waals surface area contributed by atoms with Crippen molar-refractivity contribution in [3.05, 3.63) is 39.9 Å². The summed E-state index contributed by atoms with van der Waals surface area (Å²) >= 11 is 0. The molecule has 0 radical (unpaired) electrons. The van der Waals surface area contributed by atoms with Gasteiger partial charge in [0, 0.05) is 12.1 Å². The van der Waals surface area contributed by atoms with Crippen molar-refractivity contribution in [1.82, 2.24) is 5.32 Å². The monoisotopic (exact) mass is 282 g/mol. The van der Waals surface area contributed by atoms with Crippen LogP contribution in [0.4, 0.5) is 5.69 Å². The van der Waals surface area contributed by atoms with E-state index in [1.165, 1.54) is 31.2 Å². The number of nitro benzene ring substituents is 1. The number of benzene rings is 1. The van der Waals surface area contributed by atoms with Gasteiger partial charge in [-0.05, 0) is 12.5 Å². The molecule has 2 unspecified atom stereocenters. The topological polar surface area (TPSA) is 130 Å². The van der Waals surface area contributed by atoms with Gasteiger partial charge in [0.05, 0.1) is 17.4 Å². The highest BCUT2D eigenvalue weighted by atomic mass is 16.6. The average Bonchev–Trinajstić information content (AvgIpc) is 2.35. The number of aliphatic carboxylic acids is 1. The highest BCUT2D eigenvalue weighted by molar-refractivity contribution is 5.85. The van der Waals surface area contributed by atoms with Crippen LogP contribution in [0.1, 0.15) is 12.5 Å². The minimum atomic E-state index is -1.39. The molecule has 0 bridgehead atoms. The summed E-state index contributed by atoms with van der Waals surface area (Å²) in [6, 6.07) is 3.95. The summed E-state index contributed by atoms with van der Waals surface area (Å²) in [5.41, 5.74) is 0.407. The summed E-state index contributed by atoms with van der Waals surface area (Å²) in [5.74, 6) is -1.93. The molecule has 0 aromatic heterocycles. The molecule has 3 N–H and O–H groups in total. The lowest BCUT2D eigenvalue weighted by molar-refractivity contribution is -0.384. The van der Waals surface area contributed by atoms with Crippen LogP contribution >= 0.6 is 0 Å². The van der Waals surface area contributed by atoms with Gasteiger partial charge in [-0.25, -0.2) is 4.79 Å². The van der Waals surface area contributed by atoms with E-state index in [0.717, 1.165) is 0 Å². The number of hydrogen-bond acceptors (Lipinski definition) is 5. The van der Waals surface area contributed by atoms with E-state index in [4.69, 9.17) is 5.11 Å². The quantitative estimate of drug-likeness (QED) is 0.500. The van der Waals surface area contributed by atoms with E-state index < -0.39 is 28.9 Å². The van der Waals surface area contributed by atoms with Crippen LogP contribution in [0.3, 0.4) is 0 Å². The Balaban J connectivity index is 2.66. The normalized spacial score (nSPS) is 13.3. The molecule has 0 saturated heterocycles. The first-order valence-electron chi connectivity index (χ1n) is 5.75. The number of nitrogens with zero attached hydrogens (tertiary/aromatic N) is 1. The Labute approximate surface area is 114 Å². The van der Waals surface area contributed by atoms with Crippen molar-refractivity contribution in [3.63, 3.8) is 0 Å². The van der Waals surface area contributed by atoms with Crippen LogP contribution in [0.15, 0.2) is 24.3 Å². The first-order chi connectivity index (χ1) is 9.31. The fourth-order valence-electron chi connectivity index (χ4n) is 1.53. The first-order valence-corrected chi connectivity index (χ1v) is 5.75. The van der Waals surface area contributed by atoms with Crippen LogP contribution in [0, 0.1) is 10.1 Å². The number of carbonyl (C=O) groups excluding carboxylic acids is 1. The van der Waals surface area contributed by atoms with Crippen LogP contribution in [-0.4, -0.2) is 39.2 Å². The standard InChI is InChI=1S/C12H14N2O6/c1-7(15)11(12(17)18)13-10(16)6-8-2-4-9(5-3-8)14(19)20/h2-5,7,11,15H,6H2,1H3,(H,13,16)(H,17,18). The first kappa shape index (κ1) is 15.6. The highest BCUT2D eigenvalue weighted by Gasteiger charge is 2.24.